The average molecular weight is 494 g/mol. The van der Waals surface area contributed by atoms with E-state index in [0.29, 0.717) is 33.4 Å². The van der Waals surface area contributed by atoms with Crippen molar-refractivity contribution in [2.24, 2.45) is 0 Å². The van der Waals surface area contributed by atoms with Crippen LogP contribution in [0.3, 0.4) is 0 Å². The molecule has 0 fully saturated rings. The van der Waals surface area contributed by atoms with E-state index in [2.05, 4.69) is 11.9 Å². The number of nitrogens with zero attached hydrogens (tertiary/aromatic N) is 3. The fourth-order valence-corrected chi connectivity index (χ4v) is 5.15. The van der Waals surface area contributed by atoms with Gasteiger partial charge in [-0.15, -0.1) is 0 Å². The number of carbonyl (C=O) groups is 2. The lowest BCUT2D eigenvalue weighted by Gasteiger charge is -2.32. The number of unbranched alkanes of at least 4 members (excludes halogenated alkanes) is 2. The minimum Gasteiger partial charge on any atom is -0.426 e. The van der Waals surface area contributed by atoms with Crippen molar-refractivity contribution in [2.45, 2.75) is 58.3 Å². The molecule has 1 aliphatic heterocycles. The van der Waals surface area contributed by atoms with Crippen LogP contribution in [0.5, 0.6) is 5.75 Å². The smallest absolute Gasteiger partial charge is 0.325 e. The topological polar surface area (TPSA) is 96.2 Å². The Balaban J connectivity index is 1.97. The van der Waals surface area contributed by atoms with Gasteiger partial charge in [-0.05, 0) is 42.3 Å². The zero-order valence-electron chi connectivity index (χ0n) is 20.3. The van der Waals surface area contributed by atoms with Crippen molar-refractivity contribution in [3.05, 3.63) is 63.9 Å². The third-order valence-corrected chi connectivity index (χ3v) is 6.73. The van der Waals surface area contributed by atoms with E-state index in [1.54, 1.807) is 21.7 Å². The van der Waals surface area contributed by atoms with Crippen LogP contribution in [0.25, 0.3) is 11.3 Å². The van der Waals surface area contributed by atoms with Gasteiger partial charge in [0.25, 0.3) is 6.17 Å². The molecule has 8 nitrogen and oxygen atoms in total. The molecule has 3 aromatic rings. The standard InChI is InChI=1S/C26H28N4O4S/c1-5-6-9-14-35-26-27-24(33)23-19-10-7-8-11-21(19)29(17(3)31)25(30(23)28-26)20-15-16(2)12-13-22(20)34-18(4)32/h7-8,10-13,15,25H,5-6,9,14H2,1-4H3/p+1. The lowest BCUT2D eigenvalue weighted by Crippen LogP contribution is -2.60. The normalized spacial score (nSPS) is 14.3. The molecule has 1 N–H and O–H groups in total. The van der Waals surface area contributed by atoms with E-state index < -0.39 is 12.1 Å². The first kappa shape index (κ1) is 24.7. The molecule has 9 heteroatoms. The summed E-state index contributed by atoms with van der Waals surface area (Å²) < 4.78 is 7.12. The quantitative estimate of drug-likeness (QED) is 0.175. The summed E-state index contributed by atoms with van der Waals surface area (Å²) in [4.78, 5) is 42.9. The number of hydrogen-bond donors (Lipinski definition) is 1. The van der Waals surface area contributed by atoms with Crippen molar-refractivity contribution in [3.8, 4) is 17.0 Å². The number of rotatable bonds is 7. The van der Waals surface area contributed by atoms with E-state index in [0.717, 1.165) is 30.6 Å². The van der Waals surface area contributed by atoms with E-state index in [9.17, 15) is 14.4 Å². The number of nitrogens with one attached hydrogen (secondary N) is 1. The SMILES string of the molecule is CCCCCSc1n[n+]2c(c(=O)[nH]1)-c1ccccc1N(C(C)=O)C2c1cc(C)ccc1OC(C)=O. The molecule has 0 saturated carbocycles. The number of amides is 1. The van der Waals surface area contributed by atoms with Crippen LogP contribution in [0.4, 0.5) is 5.69 Å². The van der Waals surface area contributed by atoms with Crippen LogP contribution in [-0.4, -0.2) is 27.7 Å². The van der Waals surface area contributed by atoms with Crippen LogP contribution < -0.4 is 19.9 Å². The van der Waals surface area contributed by atoms with Crippen molar-refractivity contribution in [3.63, 3.8) is 0 Å². The van der Waals surface area contributed by atoms with Gasteiger partial charge in [0.05, 0.1) is 16.8 Å². The minimum absolute atomic E-state index is 0.227. The molecule has 0 radical (unpaired) electrons. The van der Waals surface area contributed by atoms with Crippen LogP contribution in [0.15, 0.2) is 52.4 Å². The number of aromatic nitrogens is 3. The molecule has 0 spiro atoms. The van der Waals surface area contributed by atoms with Crippen LogP contribution >= 0.6 is 11.8 Å². The Bertz CT molecular complexity index is 1340. The van der Waals surface area contributed by atoms with Crippen molar-refractivity contribution in [1.29, 1.82) is 0 Å². The third-order valence-electron chi connectivity index (χ3n) is 5.78. The number of esters is 1. The van der Waals surface area contributed by atoms with Crippen molar-refractivity contribution in [1.82, 2.24) is 10.1 Å². The first-order valence-corrected chi connectivity index (χ1v) is 12.7. The van der Waals surface area contributed by atoms with Gasteiger partial charge in [-0.2, -0.15) is 0 Å². The minimum atomic E-state index is -0.816. The predicted molar refractivity (Wildman–Crippen MR) is 135 cm³/mol. The van der Waals surface area contributed by atoms with E-state index in [4.69, 9.17) is 9.84 Å². The molecule has 1 amide bonds. The highest BCUT2D eigenvalue weighted by molar-refractivity contribution is 7.99. The van der Waals surface area contributed by atoms with E-state index in [1.165, 1.54) is 25.6 Å². The zero-order chi connectivity index (χ0) is 25.1. The number of H-pyrrole nitrogens is 1. The van der Waals surface area contributed by atoms with Crippen LogP contribution in [0, 0.1) is 6.92 Å². The van der Waals surface area contributed by atoms with Gasteiger partial charge in [0, 0.05) is 24.7 Å². The number of benzene rings is 2. The van der Waals surface area contributed by atoms with Gasteiger partial charge in [-0.3, -0.25) is 19.4 Å². The zero-order valence-corrected chi connectivity index (χ0v) is 21.1. The predicted octanol–water partition coefficient (Wildman–Crippen LogP) is 4.15. The highest BCUT2D eigenvalue weighted by atomic mass is 32.2. The lowest BCUT2D eigenvalue weighted by atomic mass is 10.00. The summed E-state index contributed by atoms with van der Waals surface area (Å²) >= 11 is 1.48. The first-order chi connectivity index (χ1) is 16.8. The largest absolute Gasteiger partial charge is 0.426 e. The second-order valence-electron chi connectivity index (χ2n) is 8.52. The molecule has 4 rings (SSSR count). The van der Waals surface area contributed by atoms with E-state index in [1.807, 2.05) is 37.3 Å². The molecule has 0 bridgehead atoms. The molecule has 2 heterocycles. The summed E-state index contributed by atoms with van der Waals surface area (Å²) in [5.41, 5.74) is 2.74. The lowest BCUT2D eigenvalue weighted by molar-refractivity contribution is -0.763. The Morgan fingerprint density at radius 1 is 1.17 bits per heavy atom. The number of anilines is 1. The fourth-order valence-electron chi connectivity index (χ4n) is 4.30. The number of carbonyl (C=O) groups excluding carboxylic acids is 2. The van der Waals surface area contributed by atoms with Gasteiger partial charge < -0.3 is 4.74 Å². The molecule has 1 aliphatic rings. The summed E-state index contributed by atoms with van der Waals surface area (Å²) in [5.74, 6) is 0.431. The first-order valence-electron chi connectivity index (χ1n) is 11.7. The second-order valence-corrected chi connectivity index (χ2v) is 9.61. The fraction of sp³-hybridized carbons (Fsp3) is 0.346. The second kappa shape index (κ2) is 10.4. The van der Waals surface area contributed by atoms with Crippen LogP contribution in [-0.2, 0) is 9.59 Å². The number of thioether (sulfide) groups is 1. The Morgan fingerprint density at radius 2 is 1.94 bits per heavy atom. The Kier molecular flexibility index (Phi) is 7.35. The molecule has 2 aromatic carbocycles. The number of aromatic amines is 1. The molecule has 35 heavy (non-hydrogen) atoms. The van der Waals surface area contributed by atoms with Crippen LogP contribution in [0.2, 0.25) is 0 Å². The number of para-hydroxylation sites is 1. The Morgan fingerprint density at radius 3 is 2.66 bits per heavy atom. The third kappa shape index (κ3) is 5.00. The number of fused-ring (bicyclic) bond motifs is 3. The molecule has 0 saturated heterocycles. The maximum absolute atomic E-state index is 13.4. The molecule has 1 unspecified atom stereocenters. The summed E-state index contributed by atoms with van der Waals surface area (Å²) in [6.45, 7) is 6.87. The summed E-state index contributed by atoms with van der Waals surface area (Å²) in [7, 11) is 0. The molecular weight excluding hydrogens is 464 g/mol. The Labute approximate surface area is 208 Å². The van der Waals surface area contributed by atoms with E-state index >= 15 is 0 Å². The molecule has 1 aromatic heterocycles. The van der Waals surface area contributed by atoms with Crippen molar-refractivity contribution >= 4 is 29.3 Å². The summed E-state index contributed by atoms with van der Waals surface area (Å²) in [5, 5.41) is 5.28. The average Bonchev–Trinajstić information content (AvgIpc) is 2.81. The van der Waals surface area contributed by atoms with Gasteiger partial charge in [-0.25, -0.2) is 4.90 Å². The molecule has 182 valence electrons. The highest BCUT2D eigenvalue weighted by Crippen LogP contribution is 2.40. The summed E-state index contributed by atoms with van der Waals surface area (Å²) in [6.07, 6.45) is 2.39. The monoisotopic (exact) mass is 493 g/mol. The molecular formula is C26H29N4O4S+. The van der Waals surface area contributed by atoms with Gasteiger partial charge in [0.2, 0.25) is 11.1 Å². The summed E-state index contributed by atoms with van der Waals surface area (Å²) in [6, 6.07) is 12.7. The van der Waals surface area contributed by atoms with E-state index in [-0.39, 0.29) is 11.5 Å². The highest BCUT2D eigenvalue weighted by Gasteiger charge is 2.46. The maximum atomic E-state index is 13.4. The number of aryl methyl sites for hydroxylation is 1. The maximum Gasteiger partial charge on any atom is 0.325 e. The molecule has 0 aliphatic carbocycles. The Hall–Kier alpha value is -3.46. The molecule has 1 atom stereocenters. The van der Waals surface area contributed by atoms with Crippen molar-refractivity contribution < 1.29 is 19.0 Å². The van der Waals surface area contributed by atoms with Gasteiger partial charge >= 0.3 is 17.2 Å². The van der Waals surface area contributed by atoms with Crippen LogP contribution in [0.1, 0.15) is 57.3 Å². The van der Waals surface area contributed by atoms with Gasteiger partial charge in [0.15, 0.2) is 0 Å². The van der Waals surface area contributed by atoms with Gasteiger partial charge in [0.1, 0.15) is 5.75 Å². The number of ether oxygens (including phenoxy) is 1. The number of hydrogen-bond acceptors (Lipinski definition) is 6. The van der Waals surface area contributed by atoms with Gasteiger partial charge in [-0.1, -0.05) is 55.3 Å². The van der Waals surface area contributed by atoms with Crippen molar-refractivity contribution in [2.75, 3.05) is 10.7 Å².